The molecular weight excluding hydrogens is 302 g/mol. The largest absolute Gasteiger partial charge is 0.348 e. The van der Waals surface area contributed by atoms with E-state index in [9.17, 15) is 9.59 Å². The second kappa shape index (κ2) is 10.8. The van der Waals surface area contributed by atoms with Crippen LogP contribution < -0.4 is 5.32 Å². The average Bonchev–Trinajstić information content (AvgIpc) is 2.59. The van der Waals surface area contributed by atoms with Gasteiger partial charge < -0.3 is 15.1 Å². The van der Waals surface area contributed by atoms with E-state index in [1.807, 2.05) is 44.2 Å². The molecule has 24 heavy (non-hydrogen) atoms. The van der Waals surface area contributed by atoms with E-state index >= 15 is 0 Å². The Labute approximate surface area is 146 Å². The predicted octanol–water partition coefficient (Wildman–Crippen LogP) is 2.27. The number of nitrogens with one attached hydrogen (secondary N) is 1. The van der Waals surface area contributed by atoms with Crippen molar-refractivity contribution in [3.63, 3.8) is 0 Å². The molecule has 5 heteroatoms. The standard InChI is InChI=1S/C19H31N3O2/c1-5-21(6-2)14-10-13-20-18(23)19(24)22(16(3)4)15-17-11-8-7-9-12-17/h7-9,11-12,16H,5-6,10,13-15H2,1-4H3,(H,20,23). The third-order valence-electron chi connectivity index (χ3n) is 4.11. The zero-order valence-electron chi connectivity index (χ0n) is 15.4. The molecule has 0 aromatic heterocycles. The third kappa shape index (κ3) is 6.71. The quantitative estimate of drug-likeness (QED) is 0.557. The van der Waals surface area contributed by atoms with Crippen molar-refractivity contribution in [2.24, 2.45) is 0 Å². The minimum Gasteiger partial charge on any atom is -0.348 e. The summed E-state index contributed by atoms with van der Waals surface area (Å²) in [5, 5.41) is 2.75. The molecule has 2 amide bonds. The molecule has 0 bridgehead atoms. The van der Waals surface area contributed by atoms with Crippen LogP contribution in [0.5, 0.6) is 0 Å². The number of hydrogen-bond donors (Lipinski definition) is 1. The molecule has 0 radical (unpaired) electrons. The van der Waals surface area contributed by atoms with Crippen LogP contribution in [0.25, 0.3) is 0 Å². The summed E-state index contributed by atoms with van der Waals surface area (Å²) in [5.41, 5.74) is 1.02. The van der Waals surface area contributed by atoms with E-state index in [4.69, 9.17) is 0 Å². The smallest absolute Gasteiger partial charge is 0.312 e. The first-order valence-corrected chi connectivity index (χ1v) is 8.84. The molecule has 1 aromatic carbocycles. The SMILES string of the molecule is CCN(CC)CCCNC(=O)C(=O)N(Cc1ccccc1)C(C)C. The minimum atomic E-state index is -0.515. The van der Waals surface area contributed by atoms with Gasteiger partial charge in [-0.15, -0.1) is 0 Å². The van der Waals surface area contributed by atoms with Gasteiger partial charge in [-0.2, -0.15) is 0 Å². The molecular formula is C19H31N3O2. The van der Waals surface area contributed by atoms with E-state index in [1.165, 1.54) is 0 Å². The molecule has 134 valence electrons. The van der Waals surface area contributed by atoms with Gasteiger partial charge in [0.1, 0.15) is 0 Å². The van der Waals surface area contributed by atoms with Gasteiger partial charge in [-0.05, 0) is 45.5 Å². The molecule has 1 aromatic rings. The van der Waals surface area contributed by atoms with Crippen LogP contribution >= 0.6 is 0 Å². The highest BCUT2D eigenvalue weighted by Gasteiger charge is 2.23. The Morgan fingerprint density at radius 3 is 2.25 bits per heavy atom. The Balaban J connectivity index is 2.50. The van der Waals surface area contributed by atoms with Crippen molar-refractivity contribution < 1.29 is 9.59 Å². The highest BCUT2D eigenvalue weighted by atomic mass is 16.2. The summed E-state index contributed by atoms with van der Waals surface area (Å²) in [4.78, 5) is 28.5. The summed E-state index contributed by atoms with van der Waals surface area (Å²) in [5.74, 6) is -0.976. The van der Waals surface area contributed by atoms with Crippen molar-refractivity contribution in [1.29, 1.82) is 0 Å². The van der Waals surface area contributed by atoms with Crippen LogP contribution in [0.2, 0.25) is 0 Å². The second-order valence-corrected chi connectivity index (χ2v) is 6.15. The first kappa shape index (κ1) is 20.2. The molecule has 0 saturated carbocycles. The van der Waals surface area contributed by atoms with E-state index in [-0.39, 0.29) is 6.04 Å². The summed E-state index contributed by atoms with van der Waals surface area (Å²) < 4.78 is 0. The van der Waals surface area contributed by atoms with Gasteiger partial charge >= 0.3 is 11.8 Å². The van der Waals surface area contributed by atoms with Crippen LogP contribution in [0, 0.1) is 0 Å². The highest BCUT2D eigenvalue weighted by Crippen LogP contribution is 2.08. The van der Waals surface area contributed by atoms with Gasteiger partial charge in [-0.3, -0.25) is 9.59 Å². The van der Waals surface area contributed by atoms with Crippen molar-refractivity contribution in [2.75, 3.05) is 26.2 Å². The lowest BCUT2D eigenvalue weighted by molar-refractivity contribution is -0.147. The van der Waals surface area contributed by atoms with Crippen molar-refractivity contribution in [3.05, 3.63) is 35.9 Å². The zero-order chi connectivity index (χ0) is 17.9. The van der Waals surface area contributed by atoms with Crippen molar-refractivity contribution in [2.45, 2.75) is 46.7 Å². The summed E-state index contributed by atoms with van der Waals surface area (Å²) in [6.45, 7) is 12.0. The normalized spacial score (nSPS) is 10.9. The molecule has 1 N–H and O–H groups in total. The van der Waals surface area contributed by atoms with Crippen LogP contribution in [0.3, 0.4) is 0 Å². The van der Waals surface area contributed by atoms with Gasteiger partial charge in [0.25, 0.3) is 0 Å². The number of carbonyl (C=O) groups is 2. The van der Waals surface area contributed by atoms with Crippen molar-refractivity contribution in [3.8, 4) is 0 Å². The van der Waals surface area contributed by atoms with Crippen LogP contribution in [0.4, 0.5) is 0 Å². The van der Waals surface area contributed by atoms with Gasteiger partial charge in [0, 0.05) is 19.1 Å². The maximum Gasteiger partial charge on any atom is 0.312 e. The Morgan fingerprint density at radius 1 is 1.08 bits per heavy atom. The van der Waals surface area contributed by atoms with E-state index in [0.717, 1.165) is 31.6 Å². The van der Waals surface area contributed by atoms with Gasteiger partial charge in [0.15, 0.2) is 0 Å². The van der Waals surface area contributed by atoms with E-state index in [2.05, 4.69) is 24.1 Å². The molecule has 0 unspecified atom stereocenters. The number of amides is 2. The summed E-state index contributed by atoms with van der Waals surface area (Å²) in [7, 11) is 0. The number of benzene rings is 1. The van der Waals surface area contributed by atoms with Gasteiger partial charge in [0.05, 0.1) is 0 Å². The molecule has 0 saturated heterocycles. The fraction of sp³-hybridized carbons (Fsp3) is 0.579. The zero-order valence-corrected chi connectivity index (χ0v) is 15.4. The maximum absolute atomic E-state index is 12.4. The molecule has 0 fully saturated rings. The maximum atomic E-state index is 12.4. The lowest BCUT2D eigenvalue weighted by atomic mass is 10.2. The van der Waals surface area contributed by atoms with E-state index < -0.39 is 11.8 Å². The topological polar surface area (TPSA) is 52.7 Å². The summed E-state index contributed by atoms with van der Waals surface area (Å²) in [6, 6.07) is 9.71. The molecule has 0 spiro atoms. The van der Waals surface area contributed by atoms with Gasteiger partial charge in [-0.1, -0.05) is 44.2 Å². The average molecular weight is 333 g/mol. The number of rotatable bonds is 9. The predicted molar refractivity (Wildman–Crippen MR) is 97.5 cm³/mol. The number of hydrogen-bond acceptors (Lipinski definition) is 3. The van der Waals surface area contributed by atoms with Crippen LogP contribution in [0.1, 0.15) is 39.7 Å². The Kier molecular flexibility index (Phi) is 9.08. The van der Waals surface area contributed by atoms with Gasteiger partial charge in [0.2, 0.25) is 0 Å². The summed E-state index contributed by atoms with van der Waals surface area (Å²) in [6.07, 6.45) is 0.848. The fourth-order valence-electron chi connectivity index (χ4n) is 2.52. The van der Waals surface area contributed by atoms with E-state index in [0.29, 0.717) is 13.1 Å². The molecule has 0 atom stereocenters. The molecule has 0 aliphatic rings. The van der Waals surface area contributed by atoms with Crippen molar-refractivity contribution >= 4 is 11.8 Å². The fourth-order valence-corrected chi connectivity index (χ4v) is 2.52. The van der Waals surface area contributed by atoms with Crippen LogP contribution in [-0.2, 0) is 16.1 Å². The molecule has 0 aliphatic heterocycles. The monoisotopic (exact) mass is 333 g/mol. The van der Waals surface area contributed by atoms with Crippen LogP contribution in [0.15, 0.2) is 30.3 Å². The Morgan fingerprint density at radius 2 is 1.71 bits per heavy atom. The minimum absolute atomic E-state index is 0.0286. The molecule has 0 aliphatic carbocycles. The number of carbonyl (C=O) groups excluding carboxylic acids is 2. The molecule has 5 nitrogen and oxygen atoms in total. The number of nitrogens with zero attached hydrogens (tertiary/aromatic N) is 2. The lowest BCUT2D eigenvalue weighted by Crippen LogP contribution is -2.46. The molecule has 1 rings (SSSR count). The van der Waals surface area contributed by atoms with Crippen molar-refractivity contribution in [1.82, 2.24) is 15.1 Å². The lowest BCUT2D eigenvalue weighted by Gasteiger charge is -2.26. The summed E-state index contributed by atoms with van der Waals surface area (Å²) >= 11 is 0. The first-order chi connectivity index (χ1) is 11.5. The second-order valence-electron chi connectivity index (χ2n) is 6.15. The molecule has 0 heterocycles. The highest BCUT2D eigenvalue weighted by molar-refractivity contribution is 6.35. The Bertz CT molecular complexity index is 499. The Hall–Kier alpha value is -1.88. The van der Waals surface area contributed by atoms with Crippen LogP contribution in [-0.4, -0.2) is 53.8 Å². The van der Waals surface area contributed by atoms with Gasteiger partial charge in [-0.25, -0.2) is 0 Å². The third-order valence-corrected chi connectivity index (χ3v) is 4.11. The first-order valence-electron chi connectivity index (χ1n) is 8.84. The van der Waals surface area contributed by atoms with E-state index in [1.54, 1.807) is 4.90 Å².